The standard InChI is InChI=1S/C44H52N4O7/c1-7-25-21-47(3)35-18-30-26-10-8-9-11-33(26)45-37(30)31(17-32(25)44(35,22-49)42(52)55-6)36-34(53-4)13-12-27-28-14-15-48-20-24-16-29(23(2)50)40(48)43(19-24,41(51)54-5)39(28)46-38(27)36/h7-13,24,29,31-32,35,40,45-46,49H,14-22H2,1-6H3/b25-7-/t24-,29+,31+,32+,35-,40?,43+,44-/m0/s1. The van der Waals surface area contributed by atoms with Gasteiger partial charge < -0.3 is 29.3 Å². The number of esters is 2. The maximum absolute atomic E-state index is 14.4. The number of nitrogens with one attached hydrogen (secondary N) is 2. The Labute approximate surface area is 321 Å². The van der Waals surface area contributed by atoms with E-state index in [0.717, 1.165) is 75.0 Å². The van der Waals surface area contributed by atoms with Gasteiger partial charge in [-0.25, -0.2) is 0 Å². The Bertz CT molecular complexity index is 2270. The molecule has 6 aliphatic rings. The van der Waals surface area contributed by atoms with Crippen molar-refractivity contribution < 1.29 is 33.7 Å². The topological polar surface area (TPSA) is 137 Å². The molecule has 2 aliphatic carbocycles. The Morgan fingerprint density at radius 3 is 2.49 bits per heavy atom. The summed E-state index contributed by atoms with van der Waals surface area (Å²) >= 11 is 0. The molecular formula is C44H52N4O7. The van der Waals surface area contributed by atoms with Gasteiger partial charge in [0.1, 0.15) is 22.4 Å². The van der Waals surface area contributed by atoms with Crippen LogP contribution >= 0.6 is 0 Å². The van der Waals surface area contributed by atoms with E-state index in [4.69, 9.17) is 14.2 Å². The zero-order valence-electron chi connectivity index (χ0n) is 32.7. The maximum Gasteiger partial charge on any atom is 0.319 e. The molecule has 4 fully saturated rings. The first kappa shape index (κ1) is 36.2. The van der Waals surface area contributed by atoms with Gasteiger partial charge in [0, 0.05) is 82.7 Å². The number of aromatic amines is 2. The van der Waals surface area contributed by atoms with Crippen LogP contribution in [0.1, 0.15) is 67.1 Å². The minimum atomic E-state index is -1.23. The summed E-state index contributed by atoms with van der Waals surface area (Å²) in [5.41, 5.74) is 5.72. The van der Waals surface area contributed by atoms with E-state index in [9.17, 15) is 19.5 Å². The molecule has 11 nitrogen and oxygen atoms in total. The number of H-pyrrole nitrogens is 2. The maximum atomic E-state index is 14.4. The molecule has 4 aromatic rings. The third kappa shape index (κ3) is 4.81. The van der Waals surface area contributed by atoms with Crippen LogP contribution in [-0.4, -0.2) is 109 Å². The van der Waals surface area contributed by atoms with Crippen molar-refractivity contribution in [3.63, 3.8) is 0 Å². The van der Waals surface area contributed by atoms with Crippen LogP contribution in [0.5, 0.6) is 5.75 Å². The highest BCUT2D eigenvalue weighted by molar-refractivity contribution is 5.96. The molecule has 6 bridgehead atoms. The van der Waals surface area contributed by atoms with Crippen LogP contribution in [0.3, 0.4) is 0 Å². The van der Waals surface area contributed by atoms with E-state index in [0.29, 0.717) is 38.0 Å². The molecule has 0 radical (unpaired) electrons. The first-order valence-electron chi connectivity index (χ1n) is 19.8. The van der Waals surface area contributed by atoms with Crippen LogP contribution < -0.4 is 4.74 Å². The molecule has 4 aliphatic heterocycles. The number of aromatic nitrogens is 2. The predicted octanol–water partition coefficient (Wildman–Crippen LogP) is 5.03. The summed E-state index contributed by atoms with van der Waals surface area (Å²) in [5.74, 6) is -0.652. The number of rotatable bonds is 6. The van der Waals surface area contributed by atoms with Crippen LogP contribution in [0.25, 0.3) is 21.8 Å². The number of aliphatic hydroxyl groups is 1. The Hall–Kier alpha value is -4.45. The van der Waals surface area contributed by atoms with Crippen LogP contribution in [0, 0.1) is 23.2 Å². The van der Waals surface area contributed by atoms with Gasteiger partial charge in [-0.1, -0.05) is 29.8 Å². The molecule has 55 heavy (non-hydrogen) atoms. The average molecular weight is 749 g/mol. The summed E-state index contributed by atoms with van der Waals surface area (Å²) in [4.78, 5) is 54.4. The number of nitrogens with zero attached hydrogens (tertiary/aromatic N) is 2. The molecule has 11 heteroatoms. The fourth-order valence-corrected chi connectivity index (χ4v) is 12.5. The van der Waals surface area contributed by atoms with Crippen molar-refractivity contribution in [3.05, 3.63) is 76.1 Å². The van der Waals surface area contributed by atoms with Gasteiger partial charge in [0.2, 0.25) is 0 Å². The molecule has 3 N–H and O–H groups in total. The quantitative estimate of drug-likeness (QED) is 0.183. The molecule has 3 saturated heterocycles. The largest absolute Gasteiger partial charge is 0.496 e. The Morgan fingerprint density at radius 2 is 1.78 bits per heavy atom. The fraction of sp³-hybridized carbons (Fsp3) is 0.523. The van der Waals surface area contributed by atoms with Crippen LogP contribution in [0.15, 0.2) is 48.0 Å². The number of carbonyl (C=O) groups excluding carboxylic acids is 3. The lowest BCUT2D eigenvalue weighted by molar-refractivity contribution is -0.169. The van der Waals surface area contributed by atoms with Gasteiger partial charge in [-0.2, -0.15) is 0 Å². The van der Waals surface area contributed by atoms with E-state index in [1.54, 1.807) is 14.0 Å². The lowest BCUT2D eigenvalue weighted by Crippen LogP contribution is -2.68. The molecule has 290 valence electrons. The summed E-state index contributed by atoms with van der Waals surface area (Å²) in [6, 6.07) is 11.8. The number of likely N-dealkylation sites (N-methyl/N-ethyl adjacent to an activating group) is 1. The number of fused-ring (bicyclic) bond motifs is 9. The number of benzene rings is 2. The van der Waals surface area contributed by atoms with Gasteiger partial charge in [-0.15, -0.1) is 0 Å². The second kappa shape index (κ2) is 13.1. The van der Waals surface area contributed by atoms with Crippen LogP contribution in [0.2, 0.25) is 0 Å². The molecule has 2 aromatic carbocycles. The molecule has 2 aromatic heterocycles. The second-order valence-corrected chi connectivity index (χ2v) is 16.9. The van der Waals surface area contributed by atoms with Gasteiger partial charge >= 0.3 is 11.9 Å². The molecule has 6 heterocycles. The number of carbonyl (C=O) groups is 3. The minimum absolute atomic E-state index is 0.115. The smallest absolute Gasteiger partial charge is 0.319 e. The van der Waals surface area contributed by atoms with Gasteiger partial charge in [-0.05, 0) is 88.2 Å². The zero-order chi connectivity index (χ0) is 38.6. The number of para-hydroxylation sites is 1. The van der Waals surface area contributed by atoms with Gasteiger partial charge in [-0.3, -0.25) is 24.2 Å². The molecule has 2 unspecified atom stereocenters. The first-order chi connectivity index (χ1) is 26.6. The lowest BCUT2D eigenvalue weighted by Gasteiger charge is -2.57. The number of ketones is 1. The van der Waals surface area contributed by atoms with Crippen molar-refractivity contribution in [1.29, 1.82) is 0 Å². The highest BCUT2D eigenvalue weighted by atomic mass is 16.5. The number of ether oxygens (including phenoxy) is 3. The Morgan fingerprint density at radius 1 is 1.00 bits per heavy atom. The number of methoxy groups -OCH3 is 3. The van der Waals surface area contributed by atoms with Crippen molar-refractivity contribution >= 4 is 39.5 Å². The fourth-order valence-electron chi connectivity index (χ4n) is 12.5. The highest BCUT2D eigenvalue weighted by Crippen LogP contribution is 2.58. The number of hydrogen-bond acceptors (Lipinski definition) is 9. The number of allylic oxidation sites excluding steroid dienone is 1. The highest BCUT2D eigenvalue weighted by Gasteiger charge is 2.64. The zero-order valence-corrected chi connectivity index (χ0v) is 32.7. The van der Waals surface area contributed by atoms with Crippen LogP contribution in [-0.2, 0) is 42.1 Å². The summed E-state index contributed by atoms with van der Waals surface area (Å²) < 4.78 is 17.6. The number of aliphatic hydroxyl groups excluding tert-OH is 1. The van der Waals surface area contributed by atoms with Crippen molar-refractivity contribution in [3.8, 4) is 5.75 Å². The van der Waals surface area contributed by atoms with Crippen molar-refractivity contribution in [2.75, 3.05) is 54.6 Å². The molecule has 1 saturated carbocycles. The number of piperidine rings is 3. The third-order valence-electron chi connectivity index (χ3n) is 14.7. The molecular weight excluding hydrogens is 697 g/mol. The van der Waals surface area contributed by atoms with E-state index in [1.165, 1.54) is 14.2 Å². The summed E-state index contributed by atoms with van der Waals surface area (Å²) in [6.07, 6.45) is 5.22. The molecule has 9 atom stereocenters. The Kier molecular flexibility index (Phi) is 8.60. The number of Topliss-reactive ketones (excluding diaryl/α,β-unsaturated/α-hetero) is 1. The monoisotopic (exact) mass is 748 g/mol. The molecule has 0 amide bonds. The number of likely N-dealkylation sites (tertiary alicyclic amines) is 1. The minimum Gasteiger partial charge on any atom is -0.496 e. The first-order valence-corrected chi connectivity index (χ1v) is 19.8. The Balaban J connectivity index is 1.34. The van der Waals surface area contributed by atoms with E-state index < -0.39 is 16.8 Å². The second-order valence-electron chi connectivity index (χ2n) is 16.9. The van der Waals surface area contributed by atoms with Crippen molar-refractivity contribution in [2.24, 2.45) is 23.2 Å². The van der Waals surface area contributed by atoms with Crippen LogP contribution in [0.4, 0.5) is 0 Å². The van der Waals surface area contributed by atoms with Crippen molar-refractivity contribution in [1.82, 2.24) is 19.8 Å². The summed E-state index contributed by atoms with van der Waals surface area (Å²) in [7, 11) is 6.60. The third-order valence-corrected chi connectivity index (χ3v) is 14.7. The van der Waals surface area contributed by atoms with Crippen molar-refractivity contribution in [2.45, 2.75) is 69.4 Å². The summed E-state index contributed by atoms with van der Waals surface area (Å²) in [5, 5.41) is 13.6. The summed E-state index contributed by atoms with van der Waals surface area (Å²) in [6.45, 7) is 5.58. The average Bonchev–Trinajstić information content (AvgIpc) is 3.73. The lowest BCUT2D eigenvalue weighted by atomic mass is 9.56. The van der Waals surface area contributed by atoms with Gasteiger partial charge in [0.05, 0.1) is 33.5 Å². The molecule has 10 rings (SSSR count). The predicted molar refractivity (Wildman–Crippen MR) is 208 cm³/mol. The normalized spacial score (nSPS) is 33.4. The van der Waals surface area contributed by atoms with E-state index in [-0.39, 0.29) is 54.1 Å². The SMILES string of the molecule is C/C=C1/CN(C)[C@H]2Cc3c([nH]c4ccccc34)[C@@H](c3c(OC)ccc4c5c([nH]c34)[C@]3(C(=O)OC)C[C@@H]4C[C@H](C(C)=O)C3N(CC5)C4)C[C@H]1[C@]2(CO)C(=O)OC. The number of hydrogen-bond donors (Lipinski definition) is 3. The van der Waals surface area contributed by atoms with Gasteiger partial charge in [0.15, 0.2) is 0 Å². The van der Waals surface area contributed by atoms with E-state index >= 15 is 0 Å². The molecule has 0 spiro atoms. The van der Waals surface area contributed by atoms with Gasteiger partial charge in [0.25, 0.3) is 0 Å². The van der Waals surface area contributed by atoms with E-state index in [1.807, 2.05) is 32.2 Å². The van der Waals surface area contributed by atoms with E-state index in [2.05, 4.69) is 44.0 Å².